The lowest BCUT2D eigenvalue weighted by Crippen LogP contribution is -2.32. The number of hydrogen-bond acceptors (Lipinski definition) is 5. The van der Waals surface area contributed by atoms with Crippen LogP contribution in [-0.2, 0) is 4.74 Å². The number of ether oxygens (including phenoxy) is 1. The molecule has 0 saturated heterocycles. The Labute approximate surface area is 138 Å². The van der Waals surface area contributed by atoms with Crippen molar-refractivity contribution in [3.05, 3.63) is 59.7 Å². The van der Waals surface area contributed by atoms with Crippen LogP contribution in [0.4, 0.5) is 0 Å². The van der Waals surface area contributed by atoms with E-state index in [9.17, 15) is 4.79 Å². The van der Waals surface area contributed by atoms with Crippen molar-refractivity contribution in [2.45, 2.75) is 6.04 Å². The third-order valence-corrected chi connectivity index (χ3v) is 4.12. The molecular formula is C17H16N4O3. The fourth-order valence-electron chi connectivity index (χ4n) is 3.06. The first-order valence-corrected chi connectivity index (χ1v) is 7.64. The third kappa shape index (κ3) is 2.21. The van der Waals surface area contributed by atoms with Crippen molar-refractivity contribution in [3.8, 4) is 11.5 Å². The molecule has 7 nitrogen and oxygen atoms in total. The van der Waals surface area contributed by atoms with Crippen LogP contribution in [0, 0.1) is 0 Å². The van der Waals surface area contributed by atoms with Crippen molar-refractivity contribution in [1.82, 2.24) is 20.1 Å². The molecule has 122 valence electrons. The summed E-state index contributed by atoms with van der Waals surface area (Å²) in [6.07, 6.45) is 3.32. The van der Waals surface area contributed by atoms with Gasteiger partial charge in [-0.05, 0) is 24.3 Å². The molecule has 0 spiro atoms. The molecule has 0 saturated carbocycles. The SMILES string of the molecule is COCCN1C(=O)c2n[nH]c(-c3ccco3)c2C1c1ccccn1. The largest absolute Gasteiger partial charge is 0.463 e. The number of aromatic nitrogens is 3. The number of carbonyl (C=O) groups excluding carboxylic acids is 1. The molecule has 3 aromatic rings. The van der Waals surface area contributed by atoms with Gasteiger partial charge in [-0.1, -0.05) is 6.07 Å². The maximum atomic E-state index is 12.8. The van der Waals surface area contributed by atoms with Crippen molar-refractivity contribution in [2.24, 2.45) is 0 Å². The van der Waals surface area contributed by atoms with Crippen LogP contribution in [0.5, 0.6) is 0 Å². The molecule has 1 atom stereocenters. The summed E-state index contributed by atoms with van der Waals surface area (Å²) in [5, 5.41) is 7.16. The van der Waals surface area contributed by atoms with E-state index in [1.807, 2.05) is 24.3 Å². The van der Waals surface area contributed by atoms with Gasteiger partial charge in [0.2, 0.25) is 0 Å². The summed E-state index contributed by atoms with van der Waals surface area (Å²) in [7, 11) is 1.61. The summed E-state index contributed by atoms with van der Waals surface area (Å²) in [6, 6.07) is 8.99. The summed E-state index contributed by atoms with van der Waals surface area (Å²) in [5.41, 5.74) is 2.70. The van der Waals surface area contributed by atoms with Crippen LogP contribution in [0.2, 0.25) is 0 Å². The molecule has 3 aromatic heterocycles. The summed E-state index contributed by atoms with van der Waals surface area (Å²) in [4.78, 5) is 19.0. The molecule has 1 aliphatic rings. The van der Waals surface area contributed by atoms with Crippen LogP contribution in [0.15, 0.2) is 47.2 Å². The minimum Gasteiger partial charge on any atom is -0.463 e. The Morgan fingerprint density at radius 1 is 1.33 bits per heavy atom. The van der Waals surface area contributed by atoms with Crippen LogP contribution in [0.25, 0.3) is 11.5 Å². The second-order valence-electron chi connectivity index (χ2n) is 5.49. The lowest BCUT2D eigenvalue weighted by Gasteiger charge is -2.25. The maximum absolute atomic E-state index is 12.8. The van der Waals surface area contributed by atoms with Crippen LogP contribution < -0.4 is 0 Å². The van der Waals surface area contributed by atoms with Gasteiger partial charge >= 0.3 is 0 Å². The van der Waals surface area contributed by atoms with E-state index in [4.69, 9.17) is 9.15 Å². The first-order valence-electron chi connectivity index (χ1n) is 7.64. The van der Waals surface area contributed by atoms with Crippen molar-refractivity contribution >= 4 is 5.91 Å². The topological polar surface area (TPSA) is 84.2 Å². The van der Waals surface area contributed by atoms with Gasteiger partial charge in [-0.3, -0.25) is 14.9 Å². The smallest absolute Gasteiger partial charge is 0.275 e. The molecule has 0 aromatic carbocycles. The van der Waals surface area contributed by atoms with Gasteiger partial charge in [0, 0.05) is 25.4 Å². The summed E-state index contributed by atoms with van der Waals surface area (Å²) in [5.74, 6) is 0.512. The predicted molar refractivity (Wildman–Crippen MR) is 85.3 cm³/mol. The average molecular weight is 324 g/mol. The highest BCUT2D eigenvalue weighted by Gasteiger charge is 2.43. The lowest BCUT2D eigenvalue weighted by molar-refractivity contribution is 0.0674. The quantitative estimate of drug-likeness (QED) is 0.778. The first kappa shape index (κ1) is 14.6. The number of methoxy groups -OCH3 is 1. The van der Waals surface area contributed by atoms with Gasteiger partial charge in [0.25, 0.3) is 5.91 Å². The van der Waals surface area contributed by atoms with E-state index in [0.29, 0.717) is 30.3 Å². The molecule has 0 aliphatic carbocycles. The highest BCUT2D eigenvalue weighted by atomic mass is 16.5. The first-order chi connectivity index (χ1) is 11.8. The van der Waals surface area contributed by atoms with Gasteiger partial charge in [0.1, 0.15) is 11.7 Å². The number of hydrogen-bond donors (Lipinski definition) is 1. The minimum absolute atomic E-state index is 0.133. The van der Waals surface area contributed by atoms with E-state index in [2.05, 4.69) is 15.2 Å². The molecule has 0 fully saturated rings. The lowest BCUT2D eigenvalue weighted by atomic mass is 10.0. The summed E-state index contributed by atoms with van der Waals surface area (Å²) in [6.45, 7) is 0.906. The number of nitrogens with one attached hydrogen (secondary N) is 1. The van der Waals surface area contributed by atoms with E-state index in [-0.39, 0.29) is 11.9 Å². The second-order valence-corrected chi connectivity index (χ2v) is 5.49. The Balaban J connectivity index is 1.85. The second kappa shape index (κ2) is 5.93. The fourth-order valence-corrected chi connectivity index (χ4v) is 3.06. The number of aromatic amines is 1. The van der Waals surface area contributed by atoms with Crippen molar-refractivity contribution in [3.63, 3.8) is 0 Å². The number of nitrogens with zero attached hydrogens (tertiary/aromatic N) is 3. The van der Waals surface area contributed by atoms with E-state index in [1.165, 1.54) is 0 Å². The molecule has 1 unspecified atom stereocenters. The van der Waals surface area contributed by atoms with E-state index in [1.54, 1.807) is 30.5 Å². The van der Waals surface area contributed by atoms with Crippen LogP contribution in [-0.4, -0.2) is 46.2 Å². The third-order valence-electron chi connectivity index (χ3n) is 4.12. The van der Waals surface area contributed by atoms with Crippen LogP contribution >= 0.6 is 0 Å². The van der Waals surface area contributed by atoms with Crippen LogP contribution in [0.3, 0.4) is 0 Å². The van der Waals surface area contributed by atoms with E-state index in [0.717, 1.165) is 11.3 Å². The number of pyridine rings is 1. The summed E-state index contributed by atoms with van der Waals surface area (Å²) >= 11 is 0. The molecule has 24 heavy (non-hydrogen) atoms. The Kier molecular flexibility index (Phi) is 3.62. The predicted octanol–water partition coefficient (Wildman–Crippen LogP) is 2.26. The van der Waals surface area contributed by atoms with Gasteiger partial charge in [-0.15, -0.1) is 0 Å². The number of carbonyl (C=O) groups is 1. The molecule has 4 heterocycles. The van der Waals surface area contributed by atoms with Gasteiger partial charge in [0.05, 0.1) is 18.6 Å². The maximum Gasteiger partial charge on any atom is 0.275 e. The van der Waals surface area contributed by atoms with Gasteiger partial charge in [-0.25, -0.2) is 0 Å². The molecule has 1 aliphatic heterocycles. The van der Waals surface area contributed by atoms with Crippen molar-refractivity contribution in [1.29, 1.82) is 0 Å². The van der Waals surface area contributed by atoms with Crippen molar-refractivity contribution < 1.29 is 13.9 Å². The molecule has 0 radical (unpaired) electrons. The monoisotopic (exact) mass is 324 g/mol. The summed E-state index contributed by atoms with van der Waals surface area (Å²) < 4.78 is 10.6. The Hall–Kier alpha value is -2.93. The number of amides is 1. The molecule has 7 heteroatoms. The zero-order valence-corrected chi connectivity index (χ0v) is 13.1. The van der Waals surface area contributed by atoms with Crippen molar-refractivity contribution in [2.75, 3.05) is 20.3 Å². The Morgan fingerprint density at radius 3 is 2.96 bits per heavy atom. The normalized spacial score (nSPS) is 16.6. The average Bonchev–Trinajstić information content (AvgIpc) is 3.32. The zero-order chi connectivity index (χ0) is 16.5. The fraction of sp³-hybridized carbons (Fsp3) is 0.235. The molecule has 1 N–H and O–H groups in total. The highest BCUT2D eigenvalue weighted by molar-refractivity contribution is 5.99. The molecular weight excluding hydrogens is 308 g/mol. The number of fused-ring (bicyclic) bond motifs is 1. The van der Waals surface area contributed by atoms with Gasteiger partial charge < -0.3 is 14.1 Å². The number of H-pyrrole nitrogens is 1. The van der Waals surface area contributed by atoms with Gasteiger partial charge in [-0.2, -0.15) is 5.10 Å². The Bertz CT molecular complexity index is 842. The highest BCUT2D eigenvalue weighted by Crippen LogP contribution is 2.41. The number of furan rings is 1. The standard InChI is InChI=1S/C17H16N4O3/c1-23-10-8-21-16(11-5-2-3-7-18-11)13-14(12-6-4-9-24-12)19-20-15(13)17(21)22/h2-7,9,16H,8,10H2,1H3,(H,19,20). The minimum atomic E-state index is -0.317. The zero-order valence-electron chi connectivity index (χ0n) is 13.1. The van der Waals surface area contributed by atoms with Crippen LogP contribution in [0.1, 0.15) is 27.8 Å². The molecule has 4 rings (SSSR count). The van der Waals surface area contributed by atoms with E-state index < -0.39 is 0 Å². The number of rotatable bonds is 5. The van der Waals surface area contributed by atoms with Gasteiger partial charge in [0.15, 0.2) is 11.5 Å². The Morgan fingerprint density at radius 2 is 2.25 bits per heavy atom. The molecule has 0 bridgehead atoms. The molecule has 1 amide bonds. The van der Waals surface area contributed by atoms with E-state index >= 15 is 0 Å².